The molecular formula is C17H10F4N4O. The third-order valence-electron chi connectivity index (χ3n) is 3.97. The summed E-state index contributed by atoms with van der Waals surface area (Å²) < 4.78 is 55.3. The van der Waals surface area contributed by atoms with E-state index in [-0.39, 0.29) is 16.9 Å². The van der Waals surface area contributed by atoms with Crippen LogP contribution in [0.1, 0.15) is 5.69 Å². The summed E-state index contributed by atoms with van der Waals surface area (Å²) in [6.07, 6.45) is -3.15. The Bertz CT molecular complexity index is 1220. The molecule has 132 valence electrons. The van der Waals surface area contributed by atoms with Crippen molar-refractivity contribution in [2.45, 2.75) is 6.18 Å². The summed E-state index contributed by atoms with van der Waals surface area (Å²) in [7, 11) is 1.59. The number of fused-ring (bicyclic) bond motifs is 3. The van der Waals surface area contributed by atoms with E-state index in [9.17, 15) is 22.4 Å². The zero-order chi connectivity index (χ0) is 18.6. The van der Waals surface area contributed by atoms with Crippen molar-refractivity contribution >= 4 is 21.9 Å². The summed E-state index contributed by atoms with van der Waals surface area (Å²) in [5.74, 6) is -0.629. The van der Waals surface area contributed by atoms with Crippen LogP contribution in [0.25, 0.3) is 27.6 Å². The number of hydrogen-bond acceptors (Lipinski definition) is 3. The van der Waals surface area contributed by atoms with Crippen LogP contribution in [-0.2, 0) is 13.2 Å². The molecular weight excluding hydrogens is 352 g/mol. The molecule has 4 aromatic rings. The summed E-state index contributed by atoms with van der Waals surface area (Å²) in [4.78, 5) is 16.5. The highest BCUT2D eigenvalue weighted by atomic mass is 19.4. The second-order valence-electron chi connectivity index (χ2n) is 5.75. The fourth-order valence-corrected chi connectivity index (χ4v) is 2.89. The molecule has 4 rings (SSSR count). The Kier molecular flexibility index (Phi) is 3.36. The first-order valence-corrected chi connectivity index (χ1v) is 7.48. The number of rotatable bonds is 1. The van der Waals surface area contributed by atoms with Crippen LogP contribution in [0.2, 0.25) is 0 Å². The Morgan fingerprint density at radius 1 is 1.08 bits per heavy atom. The van der Waals surface area contributed by atoms with Gasteiger partial charge in [0.25, 0.3) is 5.56 Å². The van der Waals surface area contributed by atoms with Crippen LogP contribution < -0.4 is 5.56 Å². The van der Waals surface area contributed by atoms with Gasteiger partial charge in [-0.05, 0) is 30.3 Å². The molecule has 3 aromatic heterocycles. The lowest BCUT2D eigenvalue weighted by Crippen LogP contribution is -2.21. The van der Waals surface area contributed by atoms with Gasteiger partial charge in [0, 0.05) is 24.0 Å². The van der Waals surface area contributed by atoms with Gasteiger partial charge in [0.15, 0.2) is 5.52 Å². The second kappa shape index (κ2) is 5.38. The number of aromatic nitrogens is 4. The van der Waals surface area contributed by atoms with Gasteiger partial charge in [0.2, 0.25) is 0 Å². The average molecular weight is 362 g/mol. The fourth-order valence-electron chi connectivity index (χ4n) is 2.89. The van der Waals surface area contributed by atoms with Crippen LogP contribution >= 0.6 is 0 Å². The van der Waals surface area contributed by atoms with Crippen molar-refractivity contribution in [1.82, 2.24) is 19.3 Å². The van der Waals surface area contributed by atoms with Gasteiger partial charge in [0.05, 0.1) is 5.69 Å². The molecule has 0 aliphatic carbocycles. The molecule has 0 saturated carbocycles. The molecule has 0 atom stereocenters. The fraction of sp³-hybridized carbons (Fsp3) is 0.118. The minimum absolute atomic E-state index is 0.0609. The van der Waals surface area contributed by atoms with Gasteiger partial charge in [-0.15, -0.1) is 0 Å². The number of hydrogen-bond donors (Lipinski definition) is 0. The Balaban J connectivity index is 2.22. The highest BCUT2D eigenvalue weighted by Gasteiger charge is 2.33. The van der Waals surface area contributed by atoms with E-state index in [1.165, 1.54) is 35.1 Å². The summed E-state index contributed by atoms with van der Waals surface area (Å²) in [6, 6.07) is 7.08. The first kappa shape index (κ1) is 16.2. The predicted molar refractivity (Wildman–Crippen MR) is 86.6 cm³/mol. The SMILES string of the molecule is Cn1cc2c(n1)c(=O)n(-c1cccc(F)c1)c1nc(C(F)(F)F)ccc21. The monoisotopic (exact) mass is 362 g/mol. The molecule has 1 aromatic carbocycles. The molecule has 0 fully saturated rings. The summed E-state index contributed by atoms with van der Waals surface area (Å²) in [5.41, 5.74) is -1.90. The number of alkyl halides is 3. The lowest BCUT2D eigenvalue weighted by atomic mass is 10.1. The first-order valence-electron chi connectivity index (χ1n) is 7.48. The molecule has 0 N–H and O–H groups in total. The molecule has 0 aliphatic heterocycles. The molecule has 0 bridgehead atoms. The molecule has 26 heavy (non-hydrogen) atoms. The maximum Gasteiger partial charge on any atom is 0.433 e. The van der Waals surface area contributed by atoms with Crippen molar-refractivity contribution in [3.63, 3.8) is 0 Å². The Hall–Kier alpha value is -3.23. The van der Waals surface area contributed by atoms with Gasteiger partial charge in [-0.2, -0.15) is 18.3 Å². The summed E-state index contributed by atoms with van der Waals surface area (Å²) in [6.45, 7) is 0. The van der Waals surface area contributed by atoms with E-state index in [2.05, 4.69) is 10.1 Å². The van der Waals surface area contributed by atoms with Gasteiger partial charge >= 0.3 is 6.18 Å². The van der Waals surface area contributed by atoms with Crippen molar-refractivity contribution in [2.75, 3.05) is 0 Å². The summed E-state index contributed by atoms with van der Waals surface area (Å²) in [5, 5.41) is 4.77. The van der Waals surface area contributed by atoms with Crippen molar-refractivity contribution < 1.29 is 17.6 Å². The van der Waals surface area contributed by atoms with Gasteiger partial charge in [-0.3, -0.25) is 14.0 Å². The standard InChI is InChI=1S/C17H10F4N4O/c1-24-8-12-11-5-6-13(17(19,20)21)22-15(11)25(16(26)14(12)23-24)10-4-2-3-9(18)7-10/h2-8H,1H3. The second-order valence-corrected chi connectivity index (χ2v) is 5.75. The molecule has 0 aliphatic rings. The minimum atomic E-state index is -4.68. The third-order valence-corrected chi connectivity index (χ3v) is 3.97. The first-order chi connectivity index (χ1) is 12.3. The number of nitrogens with zero attached hydrogens (tertiary/aromatic N) is 4. The topological polar surface area (TPSA) is 52.7 Å². The van der Waals surface area contributed by atoms with E-state index in [1.54, 1.807) is 7.05 Å². The molecule has 0 saturated heterocycles. The zero-order valence-corrected chi connectivity index (χ0v) is 13.3. The van der Waals surface area contributed by atoms with Crippen LogP contribution in [0.15, 0.2) is 47.4 Å². The Morgan fingerprint density at radius 2 is 1.85 bits per heavy atom. The maximum atomic E-state index is 13.6. The number of halogens is 4. The smallest absolute Gasteiger partial charge is 0.274 e. The van der Waals surface area contributed by atoms with Crippen LogP contribution in [-0.4, -0.2) is 19.3 Å². The quantitative estimate of drug-likeness (QED) is 0.488. The normalized spacial score (nSPS) is 12.2. The number of pyridine rings is 2. The predicted octanol–water partition coefficient (Wildman–Crippen LogP) is 3.43. The van der Waals surface area contributed by atoms with Crippen molar-refractivity contribution in [2.24, 2.45) is 7.05 Å². The van der Waals surface area contributed by atoms with Gasteiger partial charge in [-0.25, -0.2) is 9.37 Å². The number of benzene rings is 1. The molecule has 9 heteroatoms. The summed E-state index contributed by atoms with van der Waals surface area (Å²) >= 11 is 0. The zero-order valence-electron chi connectivity index (χ0n) is 13.3. The van der Waals surface area contributed by atoms with E-state index in [1.807, 2.05) is 0 Å². The highest BCUT2D eigenvalue weighted by molar-refractivity contribution is 6.03. The van der Waals surface area contributed by atoms with Crippen LogP contribution in [0.5, 0.6) is 0 Å². The van der Waals surface area contributed by atoms with Crippen LogP contribution in [0.3, 0.4) is 0 Å². The van der Waals surface area contributed by atoms with E-state index in [0.29, 0.717) is 10.8 Å². The van der Waals surface area contributed by atoms with Gasteiger partial charge < -0.3 is 0 Å². The molecule has 0 spiro atoms. The molecule has 3 heterocycles. The Labute approximate surface area is 143 Å². The molecule has 0 amide bonds. The lowest BCUT2D eigenvalue weighted by Gasteiger charge is -2.12. The maximum absolute atomic E-state index is 13.6. The largest absolute Gasteiger partial charge is 0.433 e. The minimum Gasteiger partial charge on any atom is -0.274 e. The van der Waals surface area contributed by atoms with Gasteiger partial charge in [-0.1, -0.05) is 6.07 Å². The van der Waals surface area contributed by atoms with E-state index < -0.39 is 23.2 Å². The van der Waals surface area contributed by atoms with E-state index in [0.717, 1.165) is 16.7 Å². The van der Waals surface area contributed by atoms with Crippen molar-refractivity contribution in [3.05, 3.63) is 64.5 Å². The molecule has 5 nitrogen and oxygen atoms in total. The van der Waals surface area contributed by atoms with E-state index in [4.69, 9.17) is 0 Å². The van der Waals surface area contributed by atoms with Crippen molar-refractivity contribution in [3.8, 4) is 5.69 Å². The third kappa shape index (κ3) is 2.43. The molecule has 0 radical (unpaired) electrons. The van der Waals surface area contributed by atoms with Crippen LogP contribution in [0.4, 0.5) is 17.6 Å². The lowest BCUT2D eigenvalue weighted by molar-refractivity contribution is -0.141. The van der Waals surface area contributed by atoms with Crippen molar-refractivity contribution in [1.29, 1.82) is 0 Å². The van der Waals surface area contributed by atoms with Crippen LogP contribution in [0, 0.1) is 5.82 Å². The highest BCUT2D eigenvalue weighted by Crippen LogP contribution is 2.31. The Morgan fingerprint density at radius 3 is 2.54 bits per heavy atom. The average Bonchev–Trinajstić information content (AvgIpc) is 2.96. The number of aryl methyl sites for hydroxylation is 1. The van der Waals surface area contributed by atoms with E-state index >= 15 is 0 Å². The van der Waals surface area contributed by atoms with Gasteiger partial charge in [0.1, 0.15) is 17.2 Å². The molecule has 0 unspecified atom stereocenters.